The number of hydrogen-bond acceptors (Lipinski definition) is 5. The lowest BCUT2D eigenvalue weighted by Gasteiger charge is -2.19. The minimum atomic E-state index is -0.444. The molecule has 0 aliphatic heterocycles. The van der Waals surface area contributed by atoms with Gasteiger partial charge in [-0.15, -0.1) is 0 Å². The Labute approximate surface area is 94.4 Å². The Balaban J connectivity index is 2.81. The first-order chi connectivity index (χ1) is 7.54. The van der Waals surface area contributed by atoms with Gasteiger partial charge in [0.05, 0.1) is 0 Å². The van der Waals surface area contributed by atoms with Crippen molar-refractivity contribution in [2.75, 3.05) is 10.7 Å². The number of amides is 1. The molecule has 0 aliphatic carbocycles. The van der Waals surface area contributed by atoms with Crippen molar-refractivity contribution in [3.8, 4) is 0 Å². The average Bonchev–Trinajstić information content (AvgIpc) is 2.25. The highest BCUT2D eigenvalue weighted by Gasteiger charge is 2.19. The Morgan fingerprint density at radius 2 is 2.00 bits per heavy atom. The van der Waals surface area contributed by atoms with Gasteiger partial charge in [-0.25, -0.2) is 10.8 Å². The number of pyridine rings is 1. The van der Waals surface area contributed by atoms with Crippen molar-refractivity contribution in [3.63, 3.8) is 0 Å². The maximum absolute atomic E-state index is 11.2. The van der Waals surface area contributed by atoms with Crippen LogP contribution in [0.25, 0.3) is 0 Å². The summed E-state index contributed by atoms with van der Waals surface area (Å²) >= 11 is 0. The molecule has 88 valence electrons. The molecule has 0 aliphatic rings. The van der Waals surface area contributed by atoms with Gasteiger partial charge in [0.25, 0.3) is 0 Å². The lowest BCUT2D eigenvalue weighted by molar-refractivity contribution is -0.119. The highest BCUT2D eigenvalue weighted by molar-refractivity contribution is 5.83. The number of nitrogen functional groups attached to an aromatic ring is 1. The van der Waals surface area contributed by atoms with Crippen molar-refractivity contribution >= 4 is 17.5 Å². The third-order valence-corrected chi connectivity index (χ3v) is 2.17. The summed E-state index contributed by atoms with van der Waals surface area (Å²) in [4.78, 5) is 15.3. The molecular weight excluding hydrogens is 206 g/mol. The topological polar surface area (TPSA) is 106 Å². The highest BCUT2D eigenvalue weighted by Crippen LogP contribution is 2.12. The molecule has 1 amide bonds. The van der Waals surface area contributed by atoms with Crippen LogP contribution in [0.1, 0.15) is 13.8 Å². The van der Waals surface area contributed by atoms with E-state index in [-0.39, 0.29) is 5.92 Å². The zero-order valence-corrected chi connectivity index (χ0v) is 9.40. The predicted octanol–water partition coefficient (Wildman–Crippen LogP) is 0.289. The zero-order valence-electron chi connectivity index (χ0n) is 9.40. The molecule has 0 bridgehead atoms. The SMILES string of the molecule is CC(C)C(Nc1cccc(NN)n1)C(N)=O. The Morgan fingerprint density at radius 1 is 1.38 bits per heavy atom. The van der Waals surface area contributed by atoms with Crippen LogP contribution < -0.4 is 22.3 Å². The van der Waals surface area contributed by atoms with Gasteiger partial charge in [0.1, 0.15) is 17.7 Å². The highest BCUT2D eigenvalue weighted by atomic mass is 16.1. The molecule has 1 aromatic rings. The van der Waals surface area contributed by atoms with E-state index < -0.39 is 11.9 Å². The minimum Gasteiger partial charge on any atom is -0.368 e. The fraction of sp³-hybridized carbons (Fsp3) is 0.400. The normalized spacial score (nSPS) is 12.2. The molecule has 16 heavy (non-hydrogen) atoms. The number of carbonyl (C=O) groups is 1. The van der Waals surface area contributed by atoms with Gasteiger partial charge in [-0.1, -0.05) is 19.9 Å². The molecule has 0 fully saturated rings. The number of nitrogens with zero attached hydrogens (tertiary/aromatic N) is 1. The van der Waals surface area contributed by atoms with Gasteiger partial charge in [-0.05, 0) is 18.1 Å². The van der Waals surface area contributed by atoms with Gasteiger partial charge in [-0.3, -0.25) is 4.79 Å². The van der Waals surface area contributed by atoms with Crippen LogP contribution in [-0.4, -0.2) is 16.9 Å². The Hall–Kier alpha value is -1.82. The first-order valence-corrected chi connectivity index (χ1v) is 5.04. The van der Waals surface area contributed by atoms with E-state index >= 15 is 0 Å². The van der Waals surface area contributed by atoms with Crippen molar-refractivity contribution in [2.24, 2.45) is 17.5 Å². The smallest absolute Gasteiger partial charge is 0.240 e. The number of nitrogens with one attached hydrogen (secondary N) is 2. The van der Waals surface area contributed by atoms with Gasteiger partial charge in [0, 0.05) is 0 Å². The van der Waals surface area contributed by atoms with Crippen molar-refractivity contribution in [1.29, 1.82) is 0 Å². The standard InChI is InChI=1S/C10H17N5O/c1-6(2)9(10(11)16)14-7-4-3-5-8(13-7)15-12/h3-6,9H,12H2,1-2H3,(H2,11,16)(H2,13,14,15). The summed E-state index contributed by atoms with van der Waals surface area (Å²) in [6, 6.07) is 4.81. The van der Waals surface area contributed by atoms with Crippen LogP contribution in [0.5, 0.6) is 0 Å². The van der Waals surface area contributed by atoms with E-state index in [1.807, 2.05) is 13.8 Å². The number of primary amides is 1. The van der Waals surface area contributed by atoms with E-state index in [4.69, 9.17) is 11.6 Å². The summed E-state index contributed by atoms with van der Waals surface area (Å²) in [5, 5.41) is 2.97. The van der Waals surface area contributed by atoms with Crippen molar-refractivity contribution in [3.05, 3.63) is 18.2 Å². The molecule has 1 rings (SSSR count). The number of aromatic nitrogens is 1. The number of anilines is 2. The second-order valence-electron chi connectivity index (χ2n) is 3.82. The summed E-state index contributed by atoms with van der Waals surface area (Å²) in [5.41, 5.74) is 7.72. The molecule has 1 heterocycles. The zero-order chi connectivity index (χ0) is 12.1. The van der Waals surface area contributed by atoms with E-state index in [0.29, 0.717) is 11.6 Å². The van der Waals surface area contributed by atoms with Gasteiger partial charge >= 0.3 is 0 Å². The van der Waals surface area contributed by atoms with E-state index in [1.165, 1.54) is 0 Å². The Bertz CT molecular complexity index is 366. The van der Waals surface area contributed by atoms with E-state index in [2.05, 4.69) is 15.7 Å². The number of carbonyl (C=O) groups excluding carboxylic acids is 1. The van der Waals surface area contributed by atoms with Crippen LogP contribution in [0.2, 0.25) is 0 Å². The molecule has 6 N–H and O–H groups in total. The Morgan fingerprint density at radius 3 is 2.50 bits per heavy atom. The Kier molecular flexibility index (Phi) is 4.07. The maximum atomic E-state index is 11.2. The molecule has 0 aromatic carbocycles. The number of nitrogens with two attached hydrogens (primary N) is 2. The average molecular weight is 223 g/mol. The number of hydrazine groups is 1. The summed E-state index contributed by atoms with van der Waals surface area (Å²) in [7, 11) is 0. The summed E-state index contributed by atoms with van der Waals surface area (Å²) in [6.45, 7) is 3.82. The monoisotopic (exact) mass is 223 g/mol. The van der Waals surface area contributed by atoms with Crippen molar-refractivity contribution in [1.82, 2.24) is 4.98 Å². The van der Waals surface area contributed by atoms with Gasteiger partial charge in [0.2, 0.25) is 5.91 Å². The molecule has 6 nitrogen and oxygen atoms in total. The van der Waals surface area contributed by atoms with Gasteiger partial charge in [-0.2, -0.15) is 0 Å². The van der Waals surface area contributed by atoms with Crippen LogP contribution in [0.15, 0.2) is 18.2 Å². The number of hydrogen-bond donors (Lipinski definition) is 4. The van der Waals surface area contributed by atoms with Gasteiger partial charge in [0.15, 0.2) is 0 Å². The largest absolute Gasteiger partial charge is 0.368 e. The minimum absolute atomic E-state index is 0.0915. The fourth-order valence-corrected chi connectivity index (χ4v) is 1.32. The fourth-order valence-electron chi connectivity index (χ4n) is 1.32. The first kappa shape index (κ1) is 12.3. The first-order valence-electron chi connectivity index (χ1n) is 5.04. The van der Waals surface area contributed by atoms with Crippen LogP contribution in [0.4, 0.5) is 11.6 Å². The van der Waals surface area contributed by atoms with E-state index in [0.717, 1.165) is 0 Å². The molecule has 1 aromatic heterocycles. The third-order valence-electron chi connectivity index (χ3n) is 2.17. The molecule has 6 heteroatoms. The van der Waals surface area contributed by atoms with Gasteiger partial charge < -0.3 is 16.5 Å². The van der Waals surface area contributed by atoms with E-state index in [9.17, 15) is 4.79 Å². The lowest BCUT2D eigenvalue weighted by Crippen LogP contribution is -2.39. The molecule has 0 spiro atoms. The quantitative estimate of drug-likeness (QED) is 0.424. The summed E-state index contributed by atoms with van der Waals surface area (Å²) < 4.78 is 0. The lowest BCUT2D eigenvalue weighted by atomic mass is 10.0. The maximum Gasteiger partial charge on any atom is 0.240 e. The van der Waals surface area contributed by atoms with Crippen LogP contribution in [0, 0.1) is 5.92 Å². The van der Waals surface area contributed by atoms with Crippen molar-refractivity contribution < 1.29 is 4.79 Å². The molecule has 0 saturated heterocycles. The molecule has 0 radical (unpaired) electrons. The predicted molar refractivity (Wildman–Crippen MR) is 63.5 cm³/mol. The molecule has 1 atom stereocenters. The van der Waals surface area contributed by atoms with Crippen molar-refractivity contribution in [2.45, 2.75) is 19.9 Å². The second-order valence-corrected chi connectivity index (χ2v) is 3.82. The summed E-state index contributed by atoms with van der Waals surface area (Å²) in [6.07, 6.45) is 0. The molecule has 1 unspecified atom stereocenters. The van der Waals surface area contributed by atoms with Crippen LogP contribution >= 0.6 is 0 Å². The second kappa shape index (κ2) is 5.32. The van der Waals surface area contributed by atoms with E-state index in [1.54, 1.807) is 18.2 Å². The molecule has 0 saturated carbocycles. The number of rotatable bonds is 5. The third kappa shape index (κ3) is 3.09. The van der Waals surface area contributed by atoms with Crippen LogP contribution in [0.3, 0.4) is 0 Å². The van der Waals surface area contributed by atoms with Crippen LogP contribution in [-0.2, 0) is 4.79 Å². The summed E-state index contributed by atoms with van der Waals surface area (Å²) in [5.74, 6) is 6.02. The molecular formula is C10H17N5O.